The average Bonchev–Trinajstić information content (AvgIpc) is 3.27. The maximum absolute atomic E-state index is 5.99. The number of ether oxygens (including phenoxy) is 2. The molecule has 40 heavy (non-hydrogen) atoms. The first-order valence-corrected chi connectivity index (χ1v) is 16.5. The van der Waals surface area contributed by atoms with Gasteiger partial charge in [-0.1, -0.05) is 12.1 Å². The van der Waals surface area contributed by atoms with Gasteiger partial charge in [0, 0.05) is 36.0 Å². The van der Waals surface area contributed by atoms with Gasteiger partial charge in [0.1, 0.15) is 36.0 Å². The zero-order valence-electron chi connectivity index (χ0n) is 23.8. The molecule has 0 unspecified atom stereocenters. The number of fused-ring (bicyclic) bond motifs is 3. The Bertz CT molecular complexity index is 1690. The minimum atomic E-state index is -0.579. The van der Waals surface area contributed by atoms with Crippen LogP contribution in [0.1, 0.15) is 17.0 Å². The lowest BCUT2D eigenvalue weighted by atomic mass is 9.98. The molecule has 8 nitrogen and oxygen atoms in total. The molecular weight excluding hydrogens is 520 g/mol. The van der Waals surface area contributed by atoms with Gasteiger partial charge < -0.3 is 14.4 Å². The summed E-state index contributed by atoms with van der Waals surface area (Å²) in [5.74, 6) is 3.82. The van der Waals surface area contributed by atoms with Crippen LogP contribution in [0.4, 0.5) is 5.82 Å². The zero-order valence-corrected chi connectivity index (χ0v) is 24.7. The molecule has 0 fully saturated rings. The normalized spacial score (nSPS) is 14.1. The fourth-order valence-electron chi connectivity index (χ4n) is 5.22. The predicted molar refractivity (Wildman–Crippen MR) is 165 cm³/mol. The highest BCUT2D eigenvalue weighted by atomic mass is 32.3. The molecule has 0 saturated heterocycles. The molecule has 0 aliphatic carbocycles. The van der Waals surface area contributed by atoms with Crippen molar-refractivity contribution in [2.45, 2.75) is 26.6 Å². The van der Waals surface area contributed by atoms with Gasteiger partial charge in [0.15, 0.2) is 5.65 Å². The Labute approximate surface area is 236 Å². The molecule has 6 rings (SSSR count). The third kappa shape index (κ3) is 5.36. The van der Waals surface area contributed by atoms with Gasteiger partial charge in [-0.15, -0.1) is 0 Å². The van der Waals surface area contributed by atoms with Crippen LogP contribution in [0.15, 0.2) is 55.0 Å². The van der Waals surface area contributed by atoms with Gasteiger partial charge in [-0.25, -0.2) is 30.0 Å². The summed E-state index contributed by atoms with van der Waals surface area (Å²) in [5.41, 5.74) is 7.36. The Kier molecular flexibility index (Phi) is 7.10. The van der Waals surface area contributed by atoms with Crippen molar-refractivity contribution >= 4 is 37.9 Å². The fourth-order valence-corrected chi connectivity index (χ4v) is 5.83. The summed E-state index contributed by atoms with van der Waals surface area (Å²) in [6.45, 7) is 4.90. The zero-order chi connectivity index (χ0) is 27.9. The second-order valence-corrected chi connectivity index (χ2v) is 15.8. The second kappa shape index (κ2) is 10.7. The molecule has 0 N–H and O–H groups in total. The van der Waals surface area contributed by atoms with Crippen LogP contribution < -0.4 is 9.64 Å². The lowest BCUT2D eigenvalue weighted by molar-refractivity contribution is 0.0906. The number of anilines is 1. The molecule has 208 valence electrons. The molecule has 4 heterocycles. The predicted octanol–water partition coefficient (Wildman–Crippen LogP) is 5.59. The van der Waals surface area contributed by atoms with E-state index >= 15 is 0 Å². The van der Waals surface area contributed by atoms with Gasteiger partial charge in [0.25, 0.3) is 0 Å². The highest BCUT2D eigenvalue weighted by Gasteiger charge is 2.21. The van der Waals surface area contributed by atoms with Crippen LogP contribution in [-0.2, 0) is 24.4 Å². The average molecular weight is 557 g/mol. The van der Waals surface area contributed by atoms with Crippen LogP contribution in [0.25, 0.3) is 33.2 Å². The highest BCUT2D eigenvalue weighted by Crippen LogP contribution is 2.34. The molecule has 0 spiro atoms. The van der Waals surface area contributed by atoms with E-state index in [4.69, 9.17) is 24.4 Å². The van der Waals surface area contributed by atoms with Crippen LogP contribution >= 0.6 is 10.0 Å². The minimum Gasteiger partial charge on any atom is -0.497 e. The van der Waals surface area contributed by atoms with Gasteiger partial charge in [0.05, 0.1) is 19.2 Å². The van der Waals surface area contributed by atoms with E-state index in [9.17, 15) is 0 Å². The quantitative estimate of drug-likeness (QED) is 0.231. The van der Waals surface area contributed by atoms with E-state index < -0.39 is 10.0 Å². The first kappa shape index (κ1) is 26.5. The molecule has 0 saturated carbocycles. The fraction of sp³-hybridized carbons (Fsp3) is 0.355. The van der Waals surface area contributed by atoms with Crippen LogP contribution in [-0.4, -0.2) is 69.3 Å². The number of hydrogen-bond donors (Lipinski definition) is 0. The highest BCUT2D eigenvalue weighted by molar-refractivity contribution is 8.32. The largest absolute Gasteiger partial charge is 0.497 e. The Morgan fingerprint density at radius 1 is 0.925 bits per heavy atom. The third-order valence-corrected chi connectivity index (χ3v) is 8.90. The topological polar surface area (TPSA) is 78.2 Å². The third-order valence-electron chi connectivity index (χ3n) is 7.51. The number of aromatic nitrogens is 5. The number of benzene rings is 2. The first-order valence-electron chi connectivity index (χ1n) is 13.5. The van der Waals surface area contributed by atoms with Crippen molar-refractivity contribution in [1.29, 1.82) is 0 Å². The van der Waals surface area contributed by atoms with E-state index in [1.165, 1.54) is 11.1 Å². The van der Waals surface area contributed by atoms with Crippen LogP contribution in [0.2, 0.25) is 0 Å². The van der Waals surface area contributed by atoms with E-state index in [2.05, 4.69) is 65.0 Å². The van der Waals surface area contributed by atoms with Gasteiger partial charge in [-0.3, -0.25) is 4.57 Å². The Balaban J connectivity index is 1.29. The molecule has 5 aromatic rings. The Morgan fingerprint density at radius 3 is 2.62 bits per heavy atom. The van der Waals surface area contributed by atoms with Crippen molar-refractivity contribution in [1.82, 2.24) is 24.5 Å². The summed E-state index contributed by atoms with van der Waals surface area (Å²) >= 11 is 0. The first-order chi connectivity index (χ1) is 19.3. The summed E-state index contributed by atoms with van der Waals surface area (Å²) in [4.78, 5) is 21.2. The molecule has 0 radical (unpaired) electrons. The van der Waals surface area contributed by atoms with Crippen LogP contribution in [0.5, 0.6) is 5.75 Å². The molecular formula is C31H36N6O2S. The smallest absolute Gasteiger partial charge is 0.161 e. The molecule has 9 heteroatoms. The number of hydrogen-bond acceptors (Lipinski definition) is 7. The summed E-state index contributed by atoms with van der Waals surface area (Å²) in [6.07, 6.45) is 11.5. The molecule has 0 amide bonds. The molecule has 0 atom stereocenters. The van der Waals surface area contributed by atoms with Crippen molar-refractivity contribution in [3.63, 3.8) is 0 Å². The van der Waals surface area contributed by atoms with E-state index in [-0.39, 0.29) is 0 Å². The maximum atomic E-state index is 5.99. The molecule has 1 aliphatic heterocycles. The summed E-state index contributed by atoms with van der Waals surface area (Å²) in [5, 5.41) is 1.03. The number of rotatable bonds is 8. The van der Waals surface area contributed by atoms with Crippen molar-refractivity contribution in [2.75, 3.05) is 49.7 Å². The molecule has 0 bridgehead atoms. The standard InChI is InChI=1S/C31H36N6O2S/c1-21-35-29-16-24(17-32-31(29)37(21)20-39-12-13-40(3,4)5)23-7-9-28-27(15-23)30(34-19-33-28)36-11-10-22-6-8-26(38-2)14-25(22)18-36/h6-9,14-17,19H,10-13,18,20H2,1-5H3. The van der Waals surface area contributed by atoms with Crippen molar-refractivity contribution < 1.29 is 9.47 Å². The summed E-state index contributed by atoms with van der Waals surface area (Å²) < 4.78 is 13.5. The van der Waals surface area contributed by atoms with Crippen molar-refractivity contribution in [3.05, 3.63) is 71.9 Å². The second-order valence-electron chi connectivity index (χ2n) is 11.2. The molecule has 3 aromatic heterocycles. The summed E-state index contributed by atoms with van der Waals surface area (Å²) in [7, 11) is 1.13. The van der Waals surface area contributed by atoms with E-state index in [1.54, 1.807) is 13.4 Å². The monoisotopic (exact) mass is 556 g/mol. The lowest BCUT2D eigenvalue weighted by Gasteiger charge is -2.30. The van der Waals surface area contributed by atoms with Crippen molar-refractivity contribution in [2.24, 2.45) is 0 Å². The Morgan fingerprint density at radius 2 is 1.80 bits per heavy atom. The minimum absolute atomic E-state index is 0.464. The van der Waals surface area contributed by atoms with Gasteiger partial charge in [-0.05, 0) is 79.1 Å². The van der Waals surface area contributed by atoms with Crippen LogP contribution in [0, 0.1) is 6.92 Å². The van der Waals surface area contributed by atoms with E-state index in [0.29, 0.717) is 6.73 Å². The lowest BCUT2D eigenvalue weighted by Crippen LogP contribution is -2.31. The summed E-state index contributed by atoms with van der Waals surface area (Å²) in [6, 6.07) is 14.8. The molecule has 2 aromatic carbocycles. The number of imidazole rings is 1. The number of aryl methyl sites for hydroxylation is 1. The number of nitrogens with zero attached hydrogens (tertiary/aromatic N) is 6. The SMILES string of the molecule is COc1ccc2c(c1)CN(c1ncnc3ccc(-c4cnc5c(c4)nc(C)n5COCCS(C)(C)C)cc13)CC2. The van der Waals surface area contributed by atoms with E-state index in [0.717, 1.165) is 82.5 Å². The van der Waals surface area contributed by atoms with Gasteiger partial charge in [-0.2, -0.15) is 0 Å². The maximum Gasteiger partial charge on any atom is 0.161 e. The molecule has 1 aliphatic rings. The van der Waals surface area contributed by atoms with Crippen LogP contribution in [0.3, 0.4) is 0 Å². The van der Waals surface area contributed by atoms with E-state index in [1.807, 2.05) is 23.8 Å². The van der Waals surface area contributed by atoms with Crippen molar-refractivity contribution in [3.8, 4) is 16.9 Å². The van der Waals surface area contributed by atoms with Gasteiger partial charge >= 0.3 is 0 Å². The number of pyridine rings is 1. The Hall–Kier alpha value is -3.69. The number of methoxy groups -OCH3 is 1. The van der Waals surface area contributed by atoms with Gasteiger partial charge in [0.2, 0.25) is 0 Å².